The first-order chi connectivity index (χ1) is 14.6. The van der Waals surface area contributed by atoms with Crippen LogP contribution >= 0.6 is 11.3 Å². The Morgan fingerprint density at radius 2 is 2.17 bits per heavy atom. The van der Waals surface area contributed by atoms with Crippen molar-refractivity contribution in [1.29, 1.82) is 0 Å². The monoisotopic (exact) mass is 421 g/mol. The molecule has 1 amide bonds. The van der Waals surface area contributed by atoms with Gasteiger partial charge in [-0.05, 0) is 57.1 Å². The number of thiophene rings is 1. The molecule has 4 heterocycles. The van der Waals surface area contributed by atoms with E-state index in [1.54, 1.807) is 6.07 Å². The lowest BCUT2D eigenvalue weighted by atomic mass is 10.1. The van der Waals surface area contributed by atoms with Gasteiger partial charge in [0.05, 0.1) is 16.7 Å². The van der Waals surface area contributed by atoms with E-state index in [0.29, 0.717) is 29.5 Å². The smallest absolute Gasteiger partial charge is 0.276 e. The van der Waals surface area contributed by atoms with Crippen molar-refractivity contribution in [3.8, 4) is 11.4 Å². The molecule has 1 aliphatic rings. The minimum absolute atomic E-state index is 0.0732. The highest BCUT2D eigenvalue weighted by atomic mass is 32.1. The minimum Gasteiger partial charge on any atom is -0.353 e. The summed E-state index contributed by atoms with van der Waals surface area (Å²) < 4.78 is 0. The number of fused-ring (bicyclic) bond motifs is 2. The van der Waals surface area contributed by atoms with Gasteiger partial charge in [-0.25, -0.2) is 4.98 Å². The van der Waals surface area contributed by atoms with Crippen LogP contribution in [0.25, 0.3) is 33.3 Å². The Hall–Kier alpha value is -2.97. The number of H-pyrrole nitrogens is 2. The summed E-state index contributed by atoms with van der Waals surface area (Å²) in [7, 11) is 2.15. The SMILES string of the molecule is CN1CCCC1CCNC(=O)c1ccc2[nH]c(-c3nc4cscc4[nH]c3=O)cc2c1. The van der Waals surface area contributed by atoms with Crippen LogP contribution in [-0.4, -0.2) is 51.9 Å². The highest BCUT2D eigenvalue weighted by molar-refractivity contribution is 7.09. The number of rotatable bonds is 5. The van der Waals surface area contributed by atoms with Crippen LogP contribution in [0.1, 0.15) is 29.6 Å². The topological polar surface area (TPSA) is 93.9 Å². The van der Waals surface area contributed by atoms with Crippen molar-refractivity contribution in [2.45, 2.75) is 25.3 Å². The van der Waals surface area contributed by atoms with Crippen molar-refractivity contribution in [3.63, 3.8) is 0 Å². The van der Waals surface area contributed by atoms with Gasteiger partial charge in [0.15, 0.2) is 5.69 Å². The van der Waals surface area contributed by atoms with Crippen molar-refractivity contribution in [2.75, 3.05) is 20.1 Å². The number of nitrogens with one attached hydrogen (secondary N) is 3. The number of aromatic nitrogens is 3. The Labute approximate surface area is 177 Å². The van der Waals surface area contributed by atoms with Crippen LogP contribution in [0.3, 0.4) is 0 Å². The van der Waals surface area contributed by atoms with E-state index in [9.17, 15) is 9.59 Å². The van der Waals surface area contributed by atoms with Gasteiger partial charge in [0.1, 0.15) is 0 Å². The molecule has 0 spiro atoms. The number of carbonyl (C=O) groups is 1. The van der Waals surface area contributed by atoms with Crippen molar-refractivity contribution in [2.24, 2.45) is 0 Å². The summed E-state index contributed by atoms with van der Waals surface area (Å²) in [5.74, 6) is -0.0732. The molecule has 8 heteroatoms. The van der Waals surface area contributed by atoms with Gasteiger partial charge in [0.2, 0.25) is 0 Å². The maximum Gasteiger partial charge on any atom is 0.276 e. The Balaban J connectivity index is 1.35. The zero-order valence-corrected chi connectivity index (χ0v) is 17.5. The highest BCUT2D eigenvalue weighted by Crippen LogP contribution is 2.24. The number of benzene rings is 1. The van der Waals surface area contributed by atoms with Gasteiger partial charge in [0.25, 0.3) is 11.5 Å². The van der Waals surface area contributed by atoms with E-state index < -0.39 is 0 Å². The molecule has 7 nitrogen and oxygen atoms in total. The number of amides is 1. The molecule has 0 bridgehead atoms. The standard InChI is InChI=1S/C22H23N5O2S/c1-27-8-2-3-15(27)6-7-23-21(28)13-4-5-16-14(9-13)10-17(24-16)20-22(29)26-19-12-30-11-18(19)25-20/h4-5,9-12,15,24H,2-3,6-8H2,1H3,(H,23,28)(H,26,29). The van der Waals surface area contributed by atoms with Crippen molar-refractivity contribution in [3.05, 3.63) is 50.9 Å². The van der Waals surface area contributed by atoms with E-state index in [2.05, 4.69) is 32.2 Å². The number of aromatic amines is 2. The molecular formula is C22H23N5O2S. The Kier molecular flexibility index (Phi) is 4.88. The fraction of sp³-hybridized carbons (Fsp3) is 0.318. The summed E-state index contributed by atoms with van der Waals surface area (Å²) in [5.41, 5.74) is 3.74. The van der Waals surface area contributed by atoms with E-state index in [1.165, 1.54) is 24.2 Å². The summed E-state index contributed by atoms with van der Waals surface area (Å²) in [4.78, 5) is 38.0. The lowest BCUT2D eigenvalue weighted by Crippen LogP contribution is -2.31. The molecule has 1 unspecified atom stereocenters. The van der Waals surface area contributed by atoms with Gasteiger partial charge in [0, 0.05) is 39.8 Å². The van der Waals surface area contributed by atoms with E-state index in [1.807, 2.05) is 29.0 Å². The molecule has 30 heavy (non-hydrogen) atoms. The Morgan fingerprint density at radius 3 is 3.00 bits per heavy atom. The third kappa shape index (κ3) is 3.53. The molecular weight excluding hydrogens is 398 g/mol. The van der Waals surface area contributed by atoms with E-state index in [0.717, 1.165) is 34.9 Å². The van der Waals surface area contributed by atoms with Crippen LogP contribution in [0.5, 0.6) is 0 Å². The Bertz CT molecular complexity index is 1290. The minimum atomic E-state index is -0.234. The number of hydrogen-bond acceptors (Lipinski definition) is 5. The average molecular weight is 422 g/mol. The zero-order chi connectivity index (χ0) is 20.7. The molecule has 5 rings (SSSR count). The largest absolute Gasteiger partial charge is 0.353 e. The summed E-state index contributed by atoms with van der Waals surface area (Å²) in [5, 5.41) is 7.68. The highest BCUT2D eigenvalue weighted by Gasteiger charge is 2.20. The fourth-order valence-corrected chi connectivity index (χ4v) is 4.90. The predicted molar refractivity (Wildman–Crippen MR) is 120 cm³/mol. The molecule has 0 radical (unpaired) electrons. The van der Waals surface area contributed by atoms with E-state index >= 15 is 0 Å². The molecule has 4 aromatic rings. The first-order valence-electron chi connectivity index (χ1n) is 10.2. The number of likely N-dealkylation sites (tertiary alicyclic amines) is 1. The second-order valence-corrected chi connectivity index (χ2v) is 8.64. The summed E-state index contributed by atoms with van der Waals surface area (Å²) in [6, 6.07) is 7.96. The summed E-state index contributed by atoms with van der Waals surface area (Å²) in [6.07, 6.45) is 3.41. The first-order valence-corrected chi connectivity index (χ1v) is 11.1. The van der Waals surface area contributed by atoms with Gasteiger partial charge >= 0.3 is 0 Å². The van der Waals surface area contributed by atoms with Crippen molar-refractivity contribution in [1.82, 2.24) is 25.2 Å². The second-order valence-electron chi connectivity index (χ2n) is 7.89. The molecule has 1 aliphatic heterocycles. The number of carbonyl (C=O) groups excluding carboxylic acids is 1. The van der Waals surface area contributed by atoms with Gasteiger partial charge in [-0.2, -0.15) is 0 Å². The van der Waals surface area contributed by atoms with Gasteiger partial charge in [-0.3, -0.25) is 9.59 Å². The lowest BCUT2D eigenvalue weighted by molar-refractivity contribution is 0.0950. The molecule has 1 atom stereocenters. The molecule has 0 saturated carbocycles. The van der Waals surface area contributed by atoms with Crippen LogP contribution in [0, 0.1) is 0 Å². The molecule has 3 aromatic heterocycles. The predicted octanol–water partition coefficient (Wildman–Crippen LogP) is 3.35. The number of nitrogens with zero attached hydrogens (tertiary/aromatic N) is 2. The fourth-order valence-electron chi connectivity index (χ4n) is 4.21. The quantitative estimate of drug-likeness (QED) is 0.461. The maximum atomic E-state index is 12.6. The Morgan fingerprint density at radius 1 is 1.27 bits per heavy atom. The third-order valence-corrected chi connectivity index (χ3v) is 6.64. The lowest BCUT2D eigenvalue weighted by Gasteiger charge is -2.19. The molecule has 3 N–H and O–H groups in total. The third-order valence-electron chi connectivity index (χ3n) is 5.91. The normalized spacial score (nSPS) is 17.2. The van der Waals surface area contributed by atoms with Crippen LogP contribution in [0.4, 0.5) is 0 Å². The zero-order valence-electron chi connectivity index (χ0n) is 16.7. The molecule has 1 fully saturated rings. The maximum absolute atomic E-state index is 12.6. The summed E-state index contributed by atoms with van der Waals surface area (Å²) in [6.45, 7) is 1.81. The average Bonchev–Trinajstić information content (AvgIpc) is 3.46. The van der Waals surface area contributed by atoms with Crippen LogP contribution in [-0.2, 0) is 0 Å². The van der Waals surface area contributed by atoms with Crippen molar-refractivity contribution >= 4 is 39.2 Å². The van der Waals surface area contributed by atoms with E-state index in [-0.39, 0.29) is 11.5 Å². The van der Waals surface area contributed by atoms with Crippen molar-refractivity contribution < 1.29 is 4.79 Å². The molecule has 0 aliphatic carbocycles. The van der Waals surface area contributed by atoms with Crippen LogP contribution in [0.2, 0.25) is 0 Å². The number of hydrogen-bond donors (Lipinski definition) is 3. The van der Waals surface area contributed by atoms with Crippen LogP contribution < -0.4 is 10.9 Å². The van der Waals surface area contributed by atoms with Gasteiger partial charge in [-0.15, -0.1) is 11.3 Å². The second kappa shape index (κ2) is 7.70. The van der Waals surface area contributed by atoms with Gasteiger partial charge < -0.3 is 20.2 Å². The van der Waals surface area contributed by atoms with Crippen LogP contribution in [0.15, 0.2) is 39.8 Å². The van der Waals surface area contributed by atoms with E-state index in [4.69, 9.17) is 0 Å². The molecule has 1 aromatic carbocycles. The summed E-state index contributed by atoms with van der Waals surface area (Å²) >= 11 is 1.50. The first kappa shape index (κ1) is 19.0. The molecule has 1 saturated heterocycles. The van der Waals surface area contributed by atoms with Gasteiger partial charge in [-0.1, -0.05) is 0 Å². The molecule has 154 valence electrons.